The first kappa shape index (κ1) is 22.0. The van der Waals surface area contributed by atoms with Gasteiger partial charge in [-0.15, -0.1) is 0 Å². The topological polar surface area (TPSA) is 26.3 Å². The minimum atomic E-state index is -2.27. The fourth-order valence-corrected chi connectivity index (χ4v) is 19.6. The van der Waals surface area contributed by atoms with E-state index in [0.717, 1.165) is 10.0 Å². The molecule has 0 N–H and O–H groups in total. The molecule has 0 spiro atoms. The molecule has 2 nitrogen and oxygen atoms in total. The molecule has 0 amide bonds. The van der Waals surface area contributed by atoms with Crippen molar-refractivity contribution in [3.05, 3.63) is 11.6 Å². The van der Waals surface area contributed by atoms with E-state index in [9.17, 15) is 4.79 Å². The van der Waals surface area contributed by atoms with Crippen LogP contribution in [-0.2, 0) is 9.53 Å². The predicted octanol–water partition coefficient (Wildman–Crippen LogP) is 6.34. The number of rotatable bonds is 13. The van der Waals surface area contributed by atoms with E-state index in [2.05, 4.69) is 20.8 Å². The molecule has 0 aromatic rings. The molecule has 0 aromatic carbocycles. The van der Waals surface area contributed by atoms with E-state index in [0.29, 0.717) is 6.61 Å². The Labute approximate surface area is 143 Å². The third kappa shape index (κ3) is 8.59. The van der Waals surface area contributed by atoms with Crippen LogP contribution < -0.4 is 0 Å². The van der Waals surface area contributed by atoms with Gasteiger partial charge in [0, 0.05) is 0 Å². The van der Waals surface area contributed by atoms with E-state index in [1.54, 1.807) is 0 Å². The zero-order valence-electron chi connectivity index (χ0n) is 15.7. The Bertz CT molecular complexity index is 302. The zero-order valence-corrected chi connectivity index (χ0v) is 18.5. The Morgan fingerprint density at radius 1 is 0.909 bits per heavy atom. The summed E-state index contributed by atoms with van der Waals surface area (Å²) in [5.41, 5.74) is 0.973. The van der Waals surface area contributed by atoms with Crippen LogP contribution in [0.15, 0.2) is 11.6 Å². The van der Waals surface area contributed by atoms with Crippen molar-refractivity contribution in [2.45, 2.75) is 90.9 Å². The van der Waals surface area contributed by atoms with Gasteiger partial charge in [-0.05, 0) is 0 Å². The van der Waals surface area contributed by atoms with Crippen molar-refractivity contribution in [1.29, 1.82) is 0 Å². The molecule has 0 saturated carbocycles. The van der Waals surface area contributed by atoms with Crippen LogP contribution in [0.4, 0.5) is 0 Å². The van der Waals surface area contributed by atoms with Crippen molar-refractivity contribution in [1.82, 2.24) is 0 Å². The second kappa shape index (κ2) is 13.4. The van der Waals surface area contributed by atoms with Crippen LogP contribution in [0, 0.1) is 0 Å². The van der Waals surface area contributed by atoms with Gasteiger partial charge in [0.1, 0.15) is 0 Å². The van der Waals surface area contributed by atoms with Crippen molar-refractivity contribution in [2.75, 3.05) is 6.61 Å². The average molecular weight is 417 g/mol. The molecule has 0 aliphatic carbocycles. The Hall–Kier alpha value is 0.00870. The first-order chi connectivity index (χ1) is 10.6. The van der Waals surface area contributed by atoms with Crippen LogP contribution in [0.5, 0.6) is 0 Å². The van der Waals surface area contributed by atoms with Gasteiger partial charge in [0.15, 0.2) is 0 Å². The molecule has 0 rings (SSSR count). The quantitative estimate of drug-likeness (QED) is 0.199. The van der Waals surface area contributed by atoms with Gasteiger partial charge in [-0.1, -0.05) is 0 Å². The number of hydrogen-bond donors (Lipinski definition) is 0. The number of allylic oxidation sites excluding steroid dienone is 1. The van der Waals surface area contributed by atoms with Crippen molar-refractivity contribution < 1.29 is 9.53 Å². The molecule has 0 aliphatic heterocycles. The molecule has 0 radical (unpaired) electrons. The van der Waals surface area contributed by atoms with Crippen molar-refractivity contribution in [3.8, 4) is 0 Å². The van der Waals surface area contributed by atoms with Crippen molar-refractivity contribution in [3.63, 3.8) is 0 Å². The molecule has 0 saturated heterocycles. The fourth-order valence-electron chi connectivity index (χ4n) is 3.22. The van der Waals surface area contributed by atoms with Gasteiger partial charge in [0.2, 0.25) is 0 Å². The Balaban J connectivity index is 5.15. The number of carbonyl (C=O) groups is 1. The average Bonchev–Trinajstić information content (AvgIpc) is 2.53. The summed E-state index contributed by atoms with van der Waals surface area (Å²) < 4.78 is 10.7. The molecule has 130 valence electrons. The Morgan fingerprint density at radius 3 is 1.68 bits per heavy atom. The number of carbonyl (C=O) groups excluding carboxylic acids is 1. The molecule has 0 aliphatic rings. The number of hydrogen-bond acceptors (Lipinski definition) is 2. The van der Waals surface area contributed by atoms with Crippen LogP contribution in [0.2, 0.25) is 17.7 Å². The third-order valence-electron chi connectivity index (χ3n) is 4.63. The monoisotopic (exact) mass is 418 g/mol. The molecule has 0 aromatic heterocycles. The van der Waals surface area contributed by atoms with E-state index in [-0.39, 0.29) is 5.97 Å². The first-order valence-corrected chi connectivity index (χ1v) is 17.5. The van der Waals surface area contributed by atoms with Gasteiger partial charge < -0.3 is 0 Å². The molecule has 0 bridgehead atoms. The zero-order chi connectivity index (χ0) is 16.8. The van der Waals surface area contributed by atoms with E-state index < -0.39 is 18.4 Å². The van der Waals surface area contributed by atoms with Gasteiger partial charge in [-0.2, -0.15) is 0 Å². The number of unbranched alkanes of at least 4 members (excludes halogenated alkanes) is 3. The summed E-state index contributed by atoms with van der Waals surface area (Å²) >= 11 is -2.27. The van der Waals surface area contributed by atoms with Crippen LogP contribution >= 0.6 is 0 Å². The van der Waals surface area contributed by atoms with E-state index in [1.807, 2.05) is 19.9 Å². The molecule has 0 unspecified atom stereocenters. The van der Waals surface area contributed by atoms with E-state index in [1.165, 1.54) is 51.8 Å². The SMILES string of the molecule is C/C=C(\[CH2][Sn]([CH2]CCC)([CH2]CCC)[CH2]CCC)C(=O)OCC. The van der Waals surface area contributed by atoms with Gasteiger partial charge in [0.25, 0.3) is 0 Å². The molecule has 22 heavy (non-hydrogen) atoms. The van der Waals surface area contributed by atoms with Crippen LogP contribution in [0.3, 0.4) is 0 Å². The summed E-state index contributed by atoms with van der Waals surface area (Å²) in [6.45, 7) is 11.3. The Morgan fingerprint density at radius 2 is 1.36 bits per heavy atom. The summed E-state index contributed by atoms with van der Waals surface area (Å²) in [6.07, 6.45) is 9.91. The van der Waals surface area contributed by atoms with E-state index in [4.69, 9.17) is 4.74 Å². The van der Waals surface area contributed by atoms with Crippen molar-refractivity contribution in [2.24, 2.45) is 0 Å². The Kier molecular flexibility index (Phi) is 13.5. The summed E-state index contributed by atoms with van der Waals surface area (Å²) in [4.78, 5) is 12.2. The standard InChI is InChI=1S/C7H11O2.3C4H9.Sn/c1-4-6(3)7(8)9-5-2;3*1-3-4-2;/h4H,3,5H2,1-2H3;3*1,3-4H2,2H3;/b6-4+;;;;. The summed E-state index contributed by atoms with van der Waals surface area (Å²) in [5, 5.41) is 0. The maximum atomic E-state index is 12.2. The van der Waals surface area contributed by atoms with Crippen molar-refractivity contribution >= 4 is 24.3 Å². The van der Waals surface area contributed by atoms with Gasteiger partial charge >= 0.3 is 143 Å². The van der Waals surface area contributed by atoms with Crippen LogP contribution in [0.1, 0.15) is 73.1 Å². The number of esters is 1. The second-order valence-corrected chi connectivity index (χ2v) is 20.4. The molecule has 0 heterocycles. The second-order valence-electron chi connectivity index (χ2n) is 6.52. The maximum absolute atomic E-state index is 12.2. The third-order valence-corrected chi connectivity index (χ3v) is 20.0. The molecular weight excluding hydrogens is 379 g/mol. The summed E-state index contributed by atoms with van der Waals surface area (Å²) in [7, 11) is 0. The summed E-state index contributed by atoms with van der Waals surface area (Å²) in [5.74, 6) is -0.0597. The first-order valence-electron chi connectivity index (χ1n) is 9.41. The van der Waals surface area contributed by atoms with Crippen LogP contribution in [-0.4, -0.2) is 31.0 Å². The molecule has 0 atom stereocenters. The summed E-state index contributed by atoms with van der Waals surface area (Å²) in [6, 6.07) is 0. The molecule has 3 heteroatoms. The normalized spacial score (nSPS) is 12.5. The van der Waals surface area contributed by atoms with Gasteiger partial charge in [0.05, 0.1) is 0 Å². The van der Waals surface area contributed by atoms with E-state index >= 15 is 0 Å². The predicted molar refractivity (Wildman–Crippen MR) is 100 cm³/mol. The molecular formula is C19H38O2Sn. The fraction of sp³-hybridized carbons (Fsp3) is 0.842. The minimum absolute atomic E-state index is 0.0597. The van der Waals surface area contributed by atoms with Gasteiger partial charge in [-0.3, -0.25) is 0 Å². The molecule has 0 fully saturated rings. The number of ether oxygens (including phenoxy) is 1. The van der Waals surface area contributed by atoms with Crippen LogP contribution in [0.25, 0.3) is 0 Å². The van der Waals surface area contributed by atoms with Gasteiger partial charge in [-0.25, -0.2) is 0 Å².